The van der Waals surface area contributed by atoms with Crippen molar-refractivity contribution in [3.8, 4) is 17.2 Å². The molecule has 0 saturated carbocycles. The van der Waals surface area contributed by atoms with E-state index in [1.807, 2.05) is 49.4 Å². The second-order valence-electron chi connectivity index (χ2n) is 9.57. The largest absolute Gasteiger partial charge is 0.327 e. The van der Waals surface area contributed by atoms with Crippen molar-refractivity contribution >= 4 is 40.7 Å². The Labute approximate surface area is 234 Å². The standard InChI is InChI=1S/C30H32Cl2N4O2/c1-20(2)18-34-12-11-30(38)36(19-29(37)35-28-15-26(31)14-27(32)16-28)21(3)23-7-9-24(10-8-23)25-6-4-5-22(13-25)17-33/h4-10,13-16,20-21,34H,11-12,18-19H2,1-3H3,(H,35,37). The van der Waals surface area contributed by atoms with E-state index >= 15 is 0 Å². The Morgan fingerprint density at radius 2 is 1.63 bits per heavy atom. The van der Waals surface area contributed by atoms with Crippen LogP contribution < -0.4 is 10.6 Å². The van der Waals surface area contributed by atoms with Gasteiger partial charge in [0.05, 0.1) is 17.7 Å². The maximum Gasteiger partial charge on any atom is 0.244 e. The van der Waals surface area contributed by atoms with E-state index in [4.69, 9.17) is 23.2 Å². The molecule has 2 N–H and O–H groups in total. The number of carbonyl (C=O) groups is 2. The van der Waals surface area contributed by atoms with Gasteiger partial charge in [-0.05, 0) is 66.4 Å². The van der Waals surface area contributed by atoms with Crippen LogP contribution in [-0.4, -0.2) is 36.3 Å². The van der Waals surface area contributed by atoms with Gasteiger partial charge in [-0.15, -0.1) is 0 Å². The molecule has 0 spiro atoms. The zero-order valence-corrected chi connectivity index (χ0v) is 23.3. The predicted molar refractivity (Wildman–Crippen MR) is 154 cm³/mol. The maximum atomic E-state index is 13.3. The Morgan fingerprint density at radius 3 is 2.26 bits per heavy atom. The quantitative estimate of drug-likeness (QED) is 0.260. The summed E-state index contributed by atoms with van der Waals surface area (Å²) in [4.78, 5) is 27.8. The Hall–Kier alpha value is -3.37. The average Bonchev–Trinajstić information content (AvgIpc) is 2.88. The summed E-state index contributed by atoms with van der Waals surface area (Å²) in [5.74, 6) is 0.00485. The van der Waals surface area contributed by atoms with Crippen molar-refractivity contribution in [3.05, 3.63) is 87.9 Å². The van der Waals surface area contributed by atoms with Crippen molar-refractivity contribution in [2.45, 2.75) is 33.2 Å². The summed E-state index contributed by atoms with van der Waals surface area (Å²) in [6.45, 7) is 7.34. The molecule has 198 valence electrons. The monoisotopic (exact) mass is 550 g/mol. The number of nitrogens with zero attached hydrogens (tertiary/aromatic N) is 2. The molecule has 1 unspecified atom stereocenters. The highest BCUT2D eigenvalue weighted by molar-refractivity contribution is 6.35. The van der Waals surface area contributed by atoms with Crippen LogP contribution in [0.25, 0.3) is 11.1 Å². The fourth-order valence-corrected chi connectivity index (χ4v) is 4.58. The molecule has 3 aromatic rings. The van der Waals surface area contributed by atoms with Crippen LogP contribution in [-0.2, 0) is 9.59 Å². The maximum absolute atomic E-state index is 13.3. The van der Waals surface area contributed by atoms with Crippen molar-refractivity contribution < 1.29 is 9.59 Å². The molecule has 0 aliphatic heterocycles. The lowest BCUT2D eigenvalue weighted by Gasteiger charge is -2.29. The number of halogens is 2. The van der Waals surface area contributed by atoms with Gasteiger partial charge in [0.15, 0.2) is 0 Å². The van der Waals surface area contributed by atoms with Crippen molar-refractivity contribution in [2.75, 3.05) is 25.0 Å². The minimum absolute atomic E-state index is 0.125. The van der Waals surface area contributed by atoms with Gasteiger partial charge in [0.1, 0.15) is 6.54 Å². The number of hydrogen-bond donors (Lipinski definition) is 2. The summed E-state index contributed by atoms with van der Waals surface area (Å²) >= 11 is 12.1. The minimum Gasteiger partial charge on any atom is -0.327 e. The first-order chi connectivity index (χ1) is 18.2. The van der Waals surface area contributed by atoms with E-state index in [1.165, 1.54) is 0 Å². The molecule has 38 heavy (non-hydrogen) atoms. The molecule has 0 bridgehead atoms. The second kappa shape index (κ2) is 14.0. The first-order valence-corrected chi connectivity index (χ1v) is 13.3. The third-order valence-electron chi connectivity index (χ3n) is 6.03. The van der Waals surface area contributed by atoms with Crippen molar-refractivity contribution in [1.82, 2.24) is 10.2 Å². The smallest absolute Gasteiger partial charge is 0.244 e. The summed E-state index contributed by atoms with van der Waals surface area (Å²) in [6, 6.07) is 21.8. The number of benzene rings is 3. The summed E-state index contributed by atoms with van der Waals surface area (Å²) in [6.07, 6.45) is 0.270. The first kappa shape index (κ1) is 29.2. The molecule has 8 heteroatoms. The lowest BCUT2D eigenvalue weighted by molar-refractivity contribution is -0.136. The van der Waals surface area contributed by atoms with Crippen LogP contribution in [0.1, 0.15) is 44.4 Å². The van der Waals surface area contributed by atoms with Crippen LogP contribution >= 0.6 is 23.2 Å². The van der Waals surface area contributed by atoms with Gasteiger partial charge in [-0.1, -0.05) is 73.4 Å². The first-order valence-electron chi connectivity index (χ1n) is 12.5. The fourth-order valence-electron chi connectivity index (χ4n) is 4.05. The Kier molecular flexibility index (Phi) is 10.7. The summed E-state index contributed by atoms with van der Waals surface area (Å²) in [5.41, 5.74) is 3.86. The van der Waals surface area contributed by atoms with Crippen molar-refractivity contribution in [2.24, 2.45) is 5.92 Å². The molecule has 0 radical (unpaired) electrons. The van der Waals surface area contributed by atoms with Gasteiger partial charge in [-0.25, -0.2) is 0 Å². The van der Waals surface area contributed by atoms with Crippen LogP contribution in [0.5, 0.6) is 0 Å². The van der Waals surface area contributed by atoms with Crippen molar-refractivity contribution in [3.63, 3.8) is 0 Å². The topological polar surface area (TPSA) is 85.2 Å². The van der Waals surface area contributed by atoms with E-state index in [2.05, 4.69) is 30.6 Å². The third-order valence-corrected chi connectivity index (χ3v) is 6.47. The van der Waals surface area contributed by atoms with Crippen LogP contribution in [0.3, 0.4) is 0 Å². The number of nitriles is 1. The molecule has 6 nitrogen and oxygen atoms in total. The van der Waals surface area contributed by atoms with Gasteiger partial charge in [-0.3, -0.25) is 9.59 Å². The van der Waals surface area contributed by atoms with Crippen molar-refractivity contribution in [1.29, 1.82) is 5.26 Å². The lowest BCUT2D eigenvalue weighted by atomic mass is 9.99. The molecule has 3 rings (SSSR count). The summed E-state index contributed by atoms with van der Waals surface area (Å²) in [7, 11) is 0. The Morgan fingerprint density at radius 1 is 0.947 bits per heavy atom. The molecule has 0 aliphatic carbocycles. The molecule has 0 fully saturated rings. The second-order valence-corrected chi connectivity index (χ2v) is 10.4. The van der Waals surface area contributed by atoms with Gasteiger partial charge in [-0.2, -0.15) is 5.26 Å². The molecular weight excluding hydrogens is 519 g/mol. The number of carbonyl (C=O) groups excluding carboxylic acids is 2. The van der Waals surface area contributed by atoms with Gasteiger partial charge < -0.3 is 15.5 Å². The van der Waals surface area contributed by atoms with E-state index in [1.54, 1.807) is 29.2 Å². The van der Waals surface area contributed by atoms with E-state index in [-0.39, 0.29) is 30.8 Å². The zero-order chi connectivity index (χ0) is 27.7. The number of amides is 2. The SMILES string of the molecule is CC(C)CNCCC(=O)N(CC(=O)Nc1cc(Cl)cc(Cl)c1)C(C)c1ccc(-c2cccc(C#N)c2)cc1. The molecule has 3 aromatic carbocycles. The van der Waals surface area contributed by atoms with Gasteiger partial charge in [0, 0.05) is 28.7 Å². The van der Waals surface area contributed by atoms with E-state index < -0.39 is 0 Å². The summed E-state index contributed by atoms with van der Waals surface area (Å²) < 4.78 is 0. The van der Waals surface area contributed by atoms with E-state index in [0.717, 1.165) is 23.2 Å². The highest BCUT2D eigenvalue weighted by Crippen LogP contribution is 2.27. The number of rotatable bonds is 11. The van der Waals surface area contributed by atoms with Gasteiger partial charge in [0.2, 0.25) is 11.8 Å². The molecule has 2 amide bonds. The molecule has 0 aliphatic rings. The number of hydrogen-bond acceptors (Lipinski definition) is 4. The Bertz CT molecular complexity index is 1280. The Balaban J connectivity index is 1.78. The van der Waals surface area contributed by atoms with Gasteiger partial charge in [0.25, 0.3) is 0 Å². The van der Waals surface area contributed by atoms with Crippen LogP contribution in [0.15, 0.2) is 66.7 Å². The summed E-state index contributed by atoms with van der Waals surface area (Å²) in [5, 5.41) is 16.1. The highest BCUT2D eigenvalue weighted by atomic mass is 35.5. The minimum atomic E-state index is -0.346. The van der Waals surface area contributed by atoms with E-state index in [9.17, 15) is 14.9 Å². The molecular formula is C30H32Cl2N4O2. The molecule has 0 saturated heterocycles. The number of anilines is 1. The highest BCUT2D eigenvalue weighted by Gasteiger charge is 2.24. The van der Waals surface area contributed by atoms with Crippen LogP contribution in [0.4, 0.5) is 5.69 Å². The predicted octanol–water partition coefficient (Wildman–Crippen LogP) is 6.70. The number of nitrogens with one attached hydrogen (secondary N) is 2. The lowest BCUT2D eigenvalue weighted by Crippen LogP contribution is -2.41. The third kappa shape index (κ3) is 8.59. The van der Waals surface area contributed by atoms with Gasteiger partial charge >= 0.3 is 0 Å². The normalized spacial score (nSPS) is 11.6. The zero-order valence-electron chi connectivity index (χ0n) is 21.8. The average molecular weight is 552 g/mol. The van der Waals surface area contributed by atoms with Crippen LogP contribution in [0, 0.1) is 17.2 Å². The fraction of sp³-hybridized carbons (Fsp3) is 0.300. The molecule has 0 heterocycles. The van der Waals surface area contributed by atoms with E-state index in [0.29, 0.717) is 33.8 Å². The van der Waals surface area contributed by atoms with Crippen LogP contribution in [0.2, 0.25) is 10.0 Å². The molecule has 1 atom stereocenters. The molecule has 0 aromatic heterocycles.